The van der Waals surface area contributed by atoms with E-state index in [1.165, 1.54) is 24.1 Å². The third-order valence-corrected chi connectivity index (χ3v) is 8.42. The van der Waals surface area contributed by atoms with Crippen LogP contribution in [0.3, 0.4) is 0 Å². The van der Waals surface area contributed by atoms with E-state index >= 15 is 0 Å². The summed E-state index contributed by atoms with van der Waals surface area (Å²) in [6.07, 6.45) is 3.44. The lowest BCUT2D eigenvalue weighted by Crippen LogP contribution is -2.24. The topological polar surface area (TPSA) is 135 Å². The number of sulfonamides is 1. The summed E-state index contributed by atoms with van der Waals surface area (Å²) in [5.74, 6) is 0.733. The number of nitrogens with one attached hydrogen (secondary N) is 1. The number of thiophene rings is 1. The number of hydrogen-bond acceptors (Lipinski definition) is 10. The van der Waals surface area contributed by atoms with Gasteiger partial charge in [-0.3, -0.25) is 4.98 Å². The van der Waals surface area contributed by atoms with Crippen molar-refractivity contribution < 1.29 is 27.4 Å². The Morgan fingerprint density at radius 2 is 2.06 bits per heavy atom. The van der Waals surface area contributed by atoms with Crippen molar-refractivity contribution in [1.29, 1.82) is 0 Å². The predicted octanol–water partition coefficient (Wildman–Crippen LogP) is 2.57. The second kappa shape index (κ2) is 10.0. The van der Waals surface area contributed by atoms with Gasteiger partial charge >= 0.3 is 5.97 Å². The summed E-state index contributed by atoms with van der Waals surface area (Å²) in [6, 6.07) is 13.3. The van der Waals surface area contributed by atoms with E-state index in [0.29, 0.717) is 22.9 Å². The molecule has 0 unspecified atom stereocenters. The average molecular weight is 528 g/mol. The molecule has 186 valence electrons. The molecular formula is C23H21N5O6S2. The summed E-state index contributed by atoms with van der Waals surface area (Å²) >= 11 is 1.12. The minimum atomic E-state index is -3.79. The highest BCUT2D eigenvalue weighted by Crippen LogP contribution is 2.33. The molecule has 1 atom stereocenters. The molecule has 0 fully saturated rings. The van der Waals surface area contributed by atoms with Crippen molar-refractivity contribution in [3.05, 3.63) is 72.2 Å². The number of aromatic nitrogens is 4. The van der Waals surface area contributed by atoms with Gasteiger partial charge in [0, 0.05) is 12.6 Å². The minimum Gasteiger partial charge on any atom is -0.467 e. The van der Waals surface area contributed by atoms with Gasteiger partial charge in [0.05, 0.1) is 36.1 Å². The number of pyridine rings is 1. The van der Waals surface area contributed by atoms with Crippen molar-refractivity contribution >= 4 is 27.3 Å². The lowest BCUT2D eigenvalue weighted by atomic mass is 10.1. The fourth-order valence-corrected chi connectivity index (χ4v) is 5.94. The van der Waals surface area contributed by atoms with E-state index in [0.717, 1.165) is 21.8 Å². The largest absolute Gasteiger partial charge is 0.467 e. The molecule has 4 heterocycles. The van der Waals surface area contributed by atoms with Gasteiger partial charge in [0.15, 0.2) is 17.5 Å². The maximum atomic E-state index is 12.8. The molecule has 1 aliphatic rings. The van der Waals surface area contributed by atoms with E-state index in [4.69, 9.17) is 14.2 Å². The van der Waals surface area contributed by atoms with Gasteiger partial charge in [-0.1, -0.05) is 17.3 Å². The van der Waals surface area contributed by atoms with E-state index in [2.05, 4.69) is 20.0 Å². The number of ether oxygens (including phenoxy) is 3. The van der Waals surface area contributed by atoms with Crippen molar-refractivity contribution in [2.75, 3.05) is 13.9 Å². The van der Waals surface area contributed by atoms with Crippen LogP contribution < -0.4 is 14.2 Å². The zero-order valence-electron chi connectivity index (χ0n) is 19.0. The van der Waals surface area contributed by atoms with E-state index in [1.807, 2.05) is 18.2 Å². The Kier molecular flexibility index (Phi) is 6.67. The van der Waals surface area contributed by atoms with E-state index < -0.39 is 22.0 Å². The van der Waals surface area contributed by atoms with Gasteiger partial charge in [-0.25, -0.2) is 22.6 Å². The van der Waals surface area contributed by atoms with Gasteiger partial charge in [-0.2, -0.15) is 0 Å². The first-order valence-corrected chi connectivity index (χ1v) is 13.1. The summed E-state index contributed by atoms with van der Waals surface area (Å²) in [5.41, 5.74) is 1.86. The number of nitrogens with zero attached hydrogens (tertiary/aromatic N) is 4. The molecule has 1 aliphatic heterocycles. The highest BCUT2D eigenvalue weighted by molar-refractivity contribution is 7.91. The van der Waals surface area contributed by atoms with Crippen molar-refractivity contribution in [2.45, 2.75) is 23.2 Å². The third-order valence-electron chi connectivity index (χ3n) is 5.42. The molecule has 1 N–H and O–H groups in total. The normalized spacial score (nSPS) is 13.5. The van der Waals surface area contributed by atoms with Gasteiger partial charge in [-0.15, -0.1) is 16.4 Å². The SMILES string of the molecule is COC(=O)[C@H](Cc1ccc2c(c1)OCO2)n1cc(CNS(=O)(=O)c2ccc(-c3ccccn3)s2)nn1. The Morgan fingerprint density at radius 3 is 2.86 bits per heavy atom. The number of rotatable bonds is 9. The summed E-state index contributed by atoms with van der Waals surface area (Å²) in [6.45, 7) is 0.0502. The molecule has 0 amide bonds. The minimum absolute atomic E-state index is 0.100. The maximum Gasteiger partial charge on any atom is 0.331 e. The van der Waals surface area contributed by atoms with Crippen molar-refractivity contribution in [1.82, 2.24) is 24.7 Å². The molecule has 0 radical (unpaired) electrons. The van der Waals surface area contributed by atoms with Gasteiger partial charge < -0.3 is 14.2 Å². The van der Waals surface area contributed by atoms with Gasteiger partial charge in [0.1, 0.15) is 4.21 Å². The molecule has 0 aliphatic carbocycles. The Hall–Kier alpha value is -3.81. The Bertz CT molecular complexity index is 1490. The highest BCUT2D eigenvalue weighted by Gasteiger charge is 2.25. The van der Waals surface area contributed by atoms with Crippen LogP contribution >= 0.6 is 11.3 Å². The smallest absolute Gasteiger partial charge is 0.331 e. The van der Waals surface area contributed by atoms with Crippen LogP contribution in [0, 0.1) is 0 Å². The first kappa shape index (κ1) is 23.9. The van der Waals surface area contributed by atoms with Crippen molar-refractivity contribution in [3.8, 4) is 22.1 Å². The van der Waals surface area contributed by atoms with E-state index in [1.54, 1.807) is 30.5 Å². The molecule has 36 heavy (non-hydrogen) atoms. The first-order chi connectivity index (χ1) is 17.4. The van der Waals surface area contributed by atoms with Crippen LogP contribution in [0.1, 0.15) is 17.3 Å². The van der Waals surface area contributed by atoms with Crippen LogP contribution in [0.25, 0.3) is 10.6 Å². The molecular weight excluding hydrogens is 506 g/mol. The molecule has 13 heteroatoms. The second-order valence-electron chi connectivity index (χ2n) is 7.78. The molecule has 11 nitrogen and oxygen atoms in total. The lowest BCUT2D eigenvalue weighted by Gasteiger charge is -2.14. The zero-order valence-corrected chi connectivity index (χ0v) is 20.7. The number of hydrogen-bond donors (Lipinski definition) is 1. The van der Waals surface area contributed by atoms with E-state index in [9.17, 15) is 13.2 Å². The zero-order chi connectivity index (χ0) is 25.1. The number of esters is 1. The fourth-order valence-electron chi connectivity index (χ4n) is 3.61. The molecule has 3 aromatic heterocycles. The number of carbonyl (C=O) groups excluding carboxylic acids is 1. The van der Waals surface area contributed by atoms with Crippen LogP contribution in [-0.2, 0) is 32.5 Å². The highest BCUT2D eigenvalue weighted by atomic mass is 32.2. The summed E-state index contributed by atoms with van der Waals surface area (Å²) < 4.78 is 45.3. The van der Waals surface area contributed by atoms with Crippen LogP contribution in [0.5, 0.6) is 11.5 Å². The second-order valence-corrected chi connectivity index (χ2v) is 10.9. The number of benzene rings is 1. The summed E-state index contributed by atoms with van der Waals surface area (Å²) in [7, 11) is -2.49. The monoisotopic (exact) mass is 527 g/mol. The Labute approximate surface area is 210 Å². The van der Waals surface area contributed by atoms with Gasteiger partial charge in [0.25, 0.3) is 0 Å². The van der Waals surface area contributed by atoms with Crippen LogP contribution in [0.2, 0.25) is 0 Å². The molecule has 0 bridgehead atoms. The summed E-state index contributed by atoms with van der Waals surface area (Å²) in [5, 5.41) is 8.07. The Morgan fingerprint density at radius 1 is 1.19 bits per heavy atom. The van der Waals surface area contributed by atoms with Crippen molar-refractivity contribution in [3.63, 3.8) is 0 Å². The van der Waals surface area contributed by atoms with E-state index in [-0.39, 0.29) is 24.0 Å². The molecule has 4 aromatic rings. The number of methoxy groups -OCH3 is 1. The van der Waals surface area contributed by atoms with Crippen LogP contribution in [-0.4, -0.2) is 48.3 Å². The van der Waals surface area contributed by atoms with Gasteiger partial charge in [-0.05, 0) is 42.0 Å². The van der Waals surface area contributed by atoms with Crippen LogP contribution in [0.15, 0.2) is 65.1 Å². The molecule has 0 spiro atoms. The lowest BCUT2D eigenvalue weighted by molar-refractivity contribution is -0.144. The molecule has 0 saturated carbocycles. The average Bonchev–Trinajstić information content (AvgIpc) is 3.67. The standard InChI is InChI=1S/C23H21N5O6S2/c1-32-23(29)18(10-15-5-6-19-20(11-15)34-14-33-19)28-13-16(26-27-28)12-25-36(30,31)22-8-7-21(35-22)17-4-2-3-9-24-17/h2-9,11,13,18,25H,10,12,14H2,1H3/t18-/m0/s1. The van der Waals surface area contributed by atoms with Crippen LogP contribution in [0.4, 0.5) is 0 Å². The number of carbonyl (C=O) groups is 1. The van der Waals surface area contributed by atoms with Crippen molar-refractivity contribution in [2.24, 2.45) is 0 Å². The number of fused-ring (bicyclic) bond motifs is 1. The predicted molar refractivity (Wildman–Crippen MR) is 129 cm³/mol. The Balaban J connectivity index is 1.28. The molecule has 5 rings (SSSR count). The quantitative estimate of drug-likeness (QED) is 0.326. The first-order valence-electron chi connectivity index (χ1n) is 10.8. The molecule has 1 aromatic carbocycles. The van der Waals surface area contributed by atoms with Gasteiger partial charge in [0.2, 0.25) is 16.8 Å². The fraction of sp³-hybridized carbons (Fsp3) is 0.217. The molecule has 0 saturated heterocycles. The summed E-state index contributed by atoms with van der Waals surface area (Å²) in [4.78, 5) is 17.5. The third kappa shape index (κ3) is 5.08. The maximum absolute atomic E-state index is 12.8.